The largest absolute Gasteiger partial charge is 0.356 e. The van der Waals surface area contributed by atoms with Crippen molar-refractivity contribution < 1.29 is 14.8 Å². The Balaban J connectivity index is 1.83. The molecule has 1 heterocycles. The minimum Gasteiger partial charge on any atom is -0.356 e. The van der Waals surface area contributed by atoms with E-state index in [2.05, 4.69) is 5.32 Å². The molecule has 112 valence electrons. The standard InChI is InChI=1S/C16H20N2O3/c1-2-18(21)15(20)12-3-4-13-8-16(6-5-11(13)7-12)9-14(19)17-10-16/h3-4,7,21H,2,5-6,8-10H2,1H3,(H,17,19)/t16-/m0/s1. The zero-order valence-electron chi connectivity index (χ0n) is 12.2. The highest BCUT2D eigenvalue weighted by Gasteiger charge is 2.40. The van der Waals surface area contributed by atoms with E-state index in [1.807, 2.05) is 12.1 Å². The number of aryl methyl sites for hydroxylation is 1. The van der Waals surface area contributed by atoms with Crippen molar-refractivity contribution in [2.24, 2.45) is 5.41 Å². The average molecular weight is 288 g/mol. The Hall–Kier alpha value is -1.88. The molecule has 1 aromatic rings. The summed E-state index contributed by atoms with van der Waals surface area (Å²) in [5, 5.41) is 13.2. The quantitative estimate of drug-likeness (QED) is 0.640. The molecule has 5 heteroatoms. The van der Waals surface area contributed by atoms with E-state index in [-0.39, 0.29) is 23.8 Å². The van der Waals surface area contributed by atoms with E-state index in [0.29, 0.717) is 12.0 Å². The van der Waals surface area contributed by atoms with E-state index in [1.165, 1.54) is 5.56 Å². The van der Waals surface area contributed by atoms with Gasteiger partial charge in [0.05, 0.1) is 0 Å². The maximum absolute atomic E-state index is 12.0. The first-order valence-corrected chi connectivity index (χ1v) is 7.42. The van der Waals surface area contributed by atoms with E-state index in [0.717, 1.165) is 36.4 Å². The van der Waals surface area contributed by atoms with Gasteiger partial charge >= 0.3 is 0 Å². The molecule has 0 saturated carbocycles. The Morgan fingerprint density at radius 1 is 1.38 bits per heavy atom. The molecule has 1 aliphatic heterocycles. The summed E-state index contributed by atoms with van der Waals surface area (Å²) in [6.07, 6.45) is 3.33. The highest BCUT2D eigenvalue weighted by Crippen LogP contribution is 2.40. The summed E-state index contributed by atoms with van der Waals surface area (Å²) in [5.41, 5.74) is 2.96. The molecular weight excluding hydrogens is 268 g/mol. The molecule has 1 fully saturated rings. The predicted molar refractivity (Wildman–Crippen MR) is 77.0 cm³/mol. The van der Waals surface area contributed by atoms with Gasteiger partial charge in [-0.3, -0.25) is 14.8 Å². The van der Waals surface area contributed by atoms with Crippen LogP contribution < -0.4 is 5.32 Å². The summed E-state index contributed by atoms with van der Waals surface area (Å²) in [6.45, 7) is 2.75. The van der Waals surface area contributed by atoms with E-state index in [1.54, 1.807) is 13.0 Å². The lowest BCUT2D eigenvalue weighted by Crippen LogP contribution is -2.31. The molecule has 0 unspecified atom stereocenters. The van der Waals surface area contributed by atoms with Gasteiger partial charge in [0, 0.05) is 30.5 Å². The molecule has 3 rings (SSSR count). The lowest BCUT2D eigenvalue weighted by atomic mass is 9.71. The molecular formula is C16H20N2O3. The van der Waals surface area contributed by atoms with Gasteiger partial charge in [-0.25, -0.2) is 5.06 Å². The number of hydroxylamine groups is 2. The van der Waals surface area contributed by atoms with Crippen molar-refractivity contribution in [1.82, 2.24) is 10.4 Å². The van der Waals surface area contributed by atoms with Gasteiger partial charge < -0.3 is 5.32 Å². The van der Waals surface area contributed by atoms with E-state index in [9.17, 15) is 14.8 Å². The van der Waals surface area contributed by atoms with Crippen molar-refractivity contribution in [2.75, 3.05) is 13.1 Å². The minimum atomic E-state index is -0.363. The molecule has 1 aliphatic carbocycles. The van der Waals surface area contributed by atoms with Gasteiger partial charge in [-0.15, -0.1) is 0 Å². The molecule has 1 aromatic carbocycles. The van der Waals surface area contributed by atoms with Crippen LogP contribution in [-0.4, -0.2) is 35.2 Å². The number of carbonyl (C=O) groups excluding carboxylic acids is 2. The number of nitrogens with zero attached hydrogens (tertiary/aromatic N) is 1. The Morgan fingerprint density at radius 3 is 2.86 bits per heavy atom. The van der Waals surface area contributed by atoms with Crippen LogP contribution in [0.5, 0.6) is 0 Å². The summed E-state index contributed by atoms with van der Waals surface area (Å²) in [5.74, 6) is -0.220. The summed E-state index contributed by atoms with van der Waals surface area (Å²) < 4.78 is 0. The van der Waals surface area contributed by atoms with Crippen LogP contribution in [0.25, 0.3) is 0 Å². The van der Waals surface area contributed by atoms with Crippen LogP contribution in [0.15, 0.2) is 18.2 Å². The lowest BCUT2D eigenvalue weighted by molar-refractivity contribution is -0.119. The lowest BCUT2D eigenvalue weighted by Gasteiger charge is -2.33. The molecule has 2 N–H and O–H groups in total. The summed E-state index contributed by atoms with van der Waals surface area (Å²) in [6, 6.07) is 5.62. The maximum Gasteiger partial charge on any atom is 0.277 e. The molecule has 21 heavy (non-hydrogen) atoms. The second-order valence-electron chi connectivity index (χ2n) is 6.13. The Morgan fingerprint density at radius 2 is 2.19 bits per heavy atom. The van der Waals surface area contributed by atoms with Crippen LogP contribution in [-0.2, 0) is 17.6 Å². The molecule has 1 spiro atoms. The number of nitrogens with one attached hydrogen (secondary N) is 1. The average Bonchev–Trinajstić information content (AvgIpc) is 2.85. The van der Waals surface area contributed by atoms with Gasteiger partial charge in [-0.1, -0.05) is 6.07 Å². The SMILES string of the molecule is CCN(O)C(=O)c1ccc2c(c1)CC[C@]1(CNC(=O)C1)C2. The molecule has 2 amide bonds. The van der Waals surface area contributed by atoms with Crippen molar-refractivity contribution in [3.05, 3.63) is 34.9 Å². The number of benzene rings is 1. The third-order valence-corrected chi connectivity index (χ3v) is 4.67. The van der Waals surface area contributed by atoms with E-state index < -0.39 is 0 Å². The highest BCUT2D eigenvalue weighted by atomic mass is 16.5. The van der Waals surface area contributed by atoms with Crippen molar-refractivity contribution in [3.8, 4) is 0 Å². The minimum absolute atomic E-state index is 0.0576. The fraction of sp³-hybridized carbons (Fsp3) is 0.500. The van der Waals surface area contributed by atoms with Gasteiger partial charge in [0.2, 0.25) is 5.91 Å². The van der Waals surface area contributed by atoms with E-state index in [4.69, 9.17) is 0 Å². The second-order valence-corrected chi connectivity index (χ2v) is 6.13. The number of amides is 2. The highest BCUT2D eigenvalue weighted by molar-refractivity contribution is 5.93. The van der Waals surface area contributed by atoms with Crippen molar-refractivity contribution >= 4 is 11.8 Å². The number of fused-ring (bicyclic) bond motifs is 1. The van der Waals surface area contributed by atoms with Gasteiger partial charge in [0.25, 0.3) is 5.91 Å². The molecule has 1 atom stereocenters. The molecule has 5 nitrogen and oxygen atoms in total. The first-order chi connectivity index (χ1) is 10.0. The number of carbonyl (C=O) groups is 2. The van der Waals surface area contributed by atoms with Crippen molar-refractivity contribution in [1.29, 1.82) is 0 Å². The number of hydrogen-bond acceptors (Lipinski definition) is 3. The summed E-state index contributed by atoms with van der Waals surface area (Å²) in [7, 11) is 0. The normalized spacial score (nSPS) is 23.8. The van der Waals surface area contributed by atoms with Gasteiger partial charge in [-0.2, -0.15) is 0 Å². The van der Waals surface area contributed by atoms with Gasteiger partial charge in [0.1, 0.15) is 0 Å². The smallest absolute Gasteiger partial charge is 0.277 e. The number of hydrogen-bond donors (Lipinski definition) is 2. The predicted octanol–water partition coefficient (Wildman–Crippen LogP) is 1.53. The van der Waals surface area contributed by atoms with Crippen LogP contribution in [0, 0.1) is 5.41 Å². The monoisotopic (exact) mass is 288 g/mol. The zero-order valence-corrected chi connectivity index (χ0v) is 12.2. The van der Waals surface area contributed by atoms with Crippen LogP contribution in [0.3, 0.4) is 0 Å². The molecule has 1 saturated heterocycles. The van der Waals surface area contributed by atoms with Crippen molar-refractivity contribution in [3.63, 3.8) is 0 Å². The Kier molecular flexibility index (Phi) is 3.45. The van der Waals surface area contributed by atoms with Gasteiger partial charge in [-0.05, 0) is 49.4 Å². The van der Waals surface area contributed by atoms with Crippen LogP contribution in [0.2, 0.25) is 0 Å². The zero-order chi connectivity index (χ0) is 15.0. The first kappa shape index (κ1) is 14.1. The molecule has 0 radical (unpaired) electrons. The van der Waals surface area contributed by atoms with Crippen LogP contribution in [0.4, 0.5) is 0 Å². The summed E-state index contributed by atoms with van der Waals surface area (Å²) >= 11 is 0. The molecule has 0 bridgehead atoms. The maximum atomic E-state index is 12.0. The Bertz CT molecular complexity index is 599. The Labute approximate surface area is 123 Å². The third-order valence-electron chi connectivity index (χ3n) is 4.67. The first-order valence-electron chi connectivity index (χ1n) is 7.42. The number of rotatable bonds is 2. The second kappa shape index (κ2) is 5.15. The van der Waals surface area contributed by atoms with Crippen molar-refractivity contribution in [2.45, 2.75) is 32.6 Å². The summed E-state index contributed by atoms with van der Waals surface area (Å²) in [4.78, 5) is 23.5. The van der Waals surface area contributed by atoms with Crippen LogP contribution >= 0.6 is 0 Å². The van der Waals surface area contributed by atoms with E-state index >= 15 is 0 Å². The fourth-order valence-corrected chi connectivity index (χ4v) is 3.40. The topological polar surface area (TPSA) is 69.6 Å². The van der Waals surface area contributed by atoms with Crippen LogP contribution in [0.1, 0.15) is 41.3 Å². The third kappa shape index (κ3) is 2.53. The van der Waals surface area contributed by atoms with Gasteiger partial charge in [0.15, 0.2) is 0 Å². The molecule has 2 aliphatic rings. The molecule has 0 aromatic heterocycles. The fourth-order valence-electron chi connectivity index (χ4n) is 3.40.